The number of rotatable bonds is 10. The van der Waals surface area contributed by atoms with Crippen LogP contribution in [-0.2, 0) is 7.05 Å². The highest BCUT2D eigenvalue weighted by Gasteiger charge is 2.09. The molecule has 0 aliphatic carbocycles. The lowest BCUT2D eigenvalue weighted by Crippen LogP contribution is -1.99. The summed E-state index contributed by atoms with van der Waals surface area (Å²) in [5, 5.41) is 4.35. The van der Waals surface area contributed by atoms with Gasteiger partial charge < -0.3 is 4.74 Å². The van der Waals surface area contributed by atoms with E-state index in [-0.39, 0.29) is 0 Å². The second kappa shape index (κ2) is 9.29. The van der Waals surface area contributed by atoms with E-state index in [9.17, 15) is 0 Å². The fourth-order valence-corrected chi connectivity index (χ4v) is 2.46. The van der Waals surface area contributed by atoms with Crippen molar-refractivity contribution in [1.29, 1.82) is 0 Å². The number of nitrogens with zero attached hydrogens (tertiary/aromatic N) is 2. The summed E-state index contributed by atoms with van der Waals surface area (Å²) in [4.78, 5) is 0. The Kier molecular flexibility index (Phi) is 8.03. The minimum absolute atomic E-state index is 0.810. The molecule has 0 aliphatic heterocycles. The van der Waals surface area contributed by atoms with Crippen LogP contribution in [0.1, 0.15) is 56.3 Å². The molecule has 0 saturated heterocycles. The standard InChI is InChI=1S/C15H28N2OS/c1-13-15(14(2)17(3)16-13)18-11-9-7-5-4-6-8-10-12-19/h19H,4-12H2,1-3H3. The Labute approximate surface area is 123 Å². The molecule has 0 bridgehead atoms. The average molecular weight is 284 g/mol. The van der Waals surface area contributed by atoms with E-state index >= 15 is 0 Å². The molecule has 1 heterocycles. The molecule has 0 radical (unpaired) electrons. The molecule has 1 rings (SSSR count). The number of hydrogen-bond donors (Lipinski definition) is 1. The van der Waals surface area contributed by atoms with E-state index in [0.29, 0.717) is 0 Å². The molecule has 4 heteroatoms. The maximum atomic E-state index is 5.84. The summed E-state index contributed by atoms with van der Waals surface area (Å²) < 4.78 is 7.72. The average Bonchev–Trinajstić information content (AvgIpc) is 2.63. The predicted molar refractivity (Wildman–Crippen MR) is 84.3 cm³/mol. The molecule has 0 saturated carbocycles. The van der Waals surface area contributed by atoms with Crippen LogP contribution in [0.15, 0.2) is 0 Å². The Bertz CT molecular complexity index is 363. The molecular weight excluding hydrogens is 256 g/mol. The van der Waals surface area contributed by atoms with Crippen LogP contribution in [0.4, 0.5) is 0 Å². The molecule has 1 aromatic heterocycles. The largest absolute Gasteiger partial charge is 0.490 e. The van der Waals surface area contributed by atoms with Gasteiger partial charge in [0.25, 0.3) is 0 Å². The van der Waals surface area contributed by atoms with Crippen molar-refractivity contribution in [2.75, 3.05) is 12.4 Å². The molecule has 0 aromatic carbocycles. The van der Waals surface area contributed by atoms with Gasteiger partial charge in [0, 0.05) is 7.05 Å². The number of unbranched alkanes of at least 4 members (excludes halogenated alkanes) is 6. The summed E-state index contributed by atoms with van der Waals surface area (Å²) in [6, 6.07) is 0. The number of ether oxygens (including phenoxy) is 1. The van der Waals surface area contributed by atoms with E-state index < -0.39 is 0 Å². The molecule has 0 N–H and O–H groups in total. The summed E-state index contributed by atoms with van der Waals surface area (Å²) in [6.07, 6.45) is 9.00. The van der Waals surface area contributed by atoms with Crippen LogP contribution in [0, 0.1) is 13.8 Å². The van der Waals surface area contributed by atoms with Gasteiger partial charge in [0.15, 0.2) is 5.75 Å². The third-order valence-electron chi connectivity index (χ3n) is 3.49. The van der Waals surface area contributed by atoms with Crippen molar-refractivity contribution in [3.05, 3.63) is 11.4 Å². The van der Waals surface area contributed by atoms with Gasteiger partial charge in [-0.1, -0.05) is 32.1 Å². The van der Waals surface area contributed by atoms with Gasteiger partial charge in [-0.05, 0) is 32.4 Å². The third kappa shape index (κ3) is 5.89. The van der Waals surface area contributed by atoms with E-state index in [1.165, 1.54) is 38.5 Å². The fraction of sp³-hybridized carbons (Fsp3) is 0.800. The summed E-state index contributed by atoms with van der Waals surface area (Å²) in [5.41, 5.74) is 2.11. The number of hydrogen-bond acceptors (Lipinski definition) is 3. The van der Waals surface area contributed by atoms with Crippen LogP contribution >= 0.6 is 12.6 Å². The first-order valence-corrected chi connectivity index (χ1v) is 8.04. The molecule has 1 aromatic rings. The van der Waals surface area contributed by atoms with Gasteiger partial charge in [-0.3, -0.25) is 4.68 Å². The number of aryl methyl sites for hydroxylation is 2. The van der Waals surface area contributed by atoms with Crippen molar-refractivity contribution < 1.29 is 4.74 Å². The molecule has 3 nitrogen and oxygen atoms in total. The smallest absolute Gasteiger partial charge is 0.162 e. The van der Waals surface area contributed by atoms with Crippen LogP contribution in [0.3, 0.4) is 0 Å². The van der Waals surface area contributed by atoms with Gasteiger partial charge in [-0.25, -0.2) is 0 Å². The Morgan fingerprint density at radius 1 is 1.00 bits per heavy atom. The van der Waals surface area contributed by atoms with Crippen molar-refractivity contribution in [3.63, 3.8) is 0 Å². The molecule has 0 aliphatic rings. The zero-order chi connectivity index (χ0) is 14.1. The monoisotopic (exact) mass is 284 g/mol. The highest BCUT2D eigenvalue weighted by atomic mass is 32.1. The van der Waals surface area contributed by atoms with Gasteiger partial charge in [0.1, 0.15) is 5.69 Å². The minimum atomic E-state index is 0.810. The Hall–Kier alpha value is -0.640. The first-order chi connectivity index (χ1) is 9.16. The topological polar surface area (TPSA) is 27.1 Å². The first-order valence-electron chi connectivity index (χ1n) is 7.40. The maximum Gasteiger partial charge on any atom is 0.162 e. The summed E-state index contributed by atoms with van der Waals surface area (Å²) in [6.45, 7) is 4.87. The number of thiol groups is 1. The van der Waals surface area contributed by atoms with Crippen LogP contribution in [0.2, 0.25) is 0 Å². The molecule has 0 atom stereocenters. The van der Waals surface area contributed by atoms with Gasteiger partial charge in [-0.2, -0.15) is 17.7 Å². The normalized spacial score (nSPS) is 10.9. The summed E-state index contributed by atoms with van der Waals surface area (Å²) in [7, 11) is 1.96. The minimum Gasteiger partial charge on any atom is -0.490 e. The van der Waals surface area contributed by atoms with E-state index in [2.05, 4.69) is 24.7 Å². The highest BCUT2D eigenvalue weighted by Crippen LogP contribution is 2.21. The lowest BCUT2D eigenvalue weighted by molar-refractivity contribution is 0.300. The molecule has 110 valence electrons. The van der Waals surface area contributed by atoms with Gasteiger partial charge in [0.2, 0.25) is 0 Å². The zero-order valence-electron chi connectivity index (χ0n) is 12.6. The highest BCUT2D eigenvalue weighted by molar-refractivity contribution is 7.80. The van der Waals surface area contributed by atoms with Gasteiger partial charge in [-0.15, -0.1) is 0 Å². The van der Waals surface area contributed by atoms with Gasteiger partial charge in [0.05, 0.1) is 12.3 Å². The lowest BCUT2D eigenvalue weighted by Gasteiger charge is -2.06. The van der Waals surface area contributed by atoms with E-state index in [0.717, 1.165) is 35.9 Å². The molecule has 0 spiro atoms. The molecule has 0 amide bonds. The maximum absolute atomic E-state index is 5.84. The second-order valence-corrected chi connectivity index (χ2v) is 5.62. The van der Waals surface area contributed by atoms with Crippen LogP contribution in [-0.4, -0.2) is 22.1 Å². The summed E-state index contributed by atoms with van der Waals surface area (Å²) in [5.74, 6) is 1.99. The first kappa shape index (κ1) is 16.4. The Balaban J connectivity index is 2.05. The predicted octanol–water partition coefficient (Wildman–Crippen LogP) is 4.08. The third-order valence-corrected chi connectivity index (χ3v) is 3.81. The number of aromatic nitrogens is 2. The van der Waals surface area contributed by atoms with Crippen molar-refractivity contribution in [2.24, 2.45) is 7.05 Å². The molecular formula is C15H28N2OS. The Morgan fingerprint density at radius 3 is 2.11 bits per heavy atom. The molecule has 0 unspecified atom stereocenters. The van der Waals surface area contributed by atoms with Crippen molar-refractivity contribution >= 4 is 12.6 Å². The zero-order valence-corrected chi connectivity index (χ0v) is 13.5. The second-order valence-electron chi connectivity index (χ2n) is 5.17. The SMILES string of the molecule is Cc1nn(C)c(C)c1OCCCCCCCCCS. The molecule has 0 fully saturated rings. The van der Waals surface area contributed by atoms with Crippen molar-refractivity contribution in [2.45, 2.75) is 58.8 Å². The van der Waals surface area contributed by atoms with Crippen molar-refractivity contribution in [1.82, 2.24) is 9.78 Å². The van der Waals surface area contributed by atoms with Crippen molar-refractivity contribution in [3.8, 4) is 5.75 Å². The van der Waals surface area contributed by atoms with E-state index in [1.54, 1.807) is 0 Å². The fourth-order valence-electron chi connectivity index (χ4n) is 2.24. The molecule has 19 heavy (non-hydrogen) atoms. The van der Waals surface area contributed by atoms with Crippen LogP contribution in [0.25, 0.3) is 0 Å². The lowest BCUT2D eigenvalue weighted by atomic mass is 10.1. The van der Waals surface area contributed by atoms with E-state index in [4.69, 9.17) is 4.74 Å². The quantitative estimate of drug-likeness (QED) is 0.518. The van der Waals surface area contributed by atoms with E-state index in [1.807, 2.05) is 18.7 Å². The van der Waals surface area contributed by atoms with Gasteiger partial charge >= 0.3 is 0 Å². The van der Waals surface area contributed by atoms with Crippen LogP contribution in [0.5, 0.6) is 5.75 Å². The summed E-state index contributed by atoms with van der Waals surface area (Å²) >= 11 is 4.22. The Morgan fingerprint density at radius 2 is 1.58 bits per heavy atom. The van der Waals surface area contributed by atoms with Crippen LogP contribution < -0.4 is 4.74 Å².